The van der Waals surface area contributed by atoms with Crippen LogP contribution in [-0.4, -0.2) is 11.4 Å². The van der Waals surface area contributed by atoms with Crippen LogP contribution in [0.15, 0.2) is 156 Å². The van der Waals surface area contributed by atoms with Crippen LogP contribution in [0, 0.1) is 0 Å². The summed E-state index contributed by atoms with van der Waals surface area (Å²) in [4.78, 5) is 0. The summed E-state index contributed by atoms with van der Waals surface area (Å²) in [5.41, 5.74) is 14.0. The summed E-state index contributed by atoms with van der Waals surface area (Å²) in [6.45, 7) is 0. The highest BCUT2D eigenvalue weighted by Crippen LogP contribution is 2.21. The highest BCUT2D eigenvalue weighted by Gasteiger charge is 2.17. The fourth-order valence-electron chi connectivity index (χ4n) is 3.91. The Morgan fingerprint density at radius 3 is 1.03 bits per heavy atom. The number of nitrogens with zero attached hydrogens (tertiary/aromatic N) is 2. The van der Waals surface area contributed by atoms with Gasteiger partial charge in [-0.1, -0.05) is 121 Å². The predicted octanol–water partition coefficient (Wildman–Crippen LogP) is 7.42. The van der Waals surface area contributed by atoms with Crippen LogP contribution in [-0.2, 0) is 0 Å². The van der Waals surface area contributed by atoms with Gasteiger partial charge in [-0.3, -0.25) is 10.9 Å². The third kappa shape index (κ3) is 5.57. The zero-order valence-electron chi connectivity index (χ0n) is 19.8. The normalized spacial score (nSPS) is 11.7. The summed E-state index contributed by atoms with van der Waals surface area (Å²) in [5.74, 6) is 0. The molecule has 4 nitrogen and oxygen atoms in total. The lowest BCUT2D eigenvalue weighted by atomic mass is 9.92. The molecule has 2 N–H and O–H groups in total. The van der Waals surface area contributed by atoms with E-state index in [2.05, 4.69) is 47.2 Å². The van der Waals surface area contributed by atoms with Crippen LogP contribution in [0.1, 0.15) is 22.3 Å². The molecule has 0 spiro atoms. The molecule has 0 radical (unpaired) electrons. The molecule has 4 heteroatoms. The van der Waals surface area contributed by atoms with Gasteiger partial charge in [-0.05, 0) is 24.3 Å². The number of hydrogen-bond acceptors (Lipinski definition) is 4. The molecule has 5 rings (SSSR count). The molecule has 0 unspecified atom stereocenters. The summed E-state index contributed by atoms with van der Waals surface area (Å²) >= 11 is 0. The lowest BCUT2D eigenvalue weighted by Crippen LogP contribution is -2.15. The highest BCUT2D eigenvalue weighted by molar-refractivity contribution is 6.23. The molecular formula is C32H26N4. The predicted molar refractivity (Wildman–Crippen MR) is 151 cm³/mol. The molecule has 0 heterocycles. The Kier molecular flexibility index (Phi) is 7.26. The first-order valence-electron chi connectivity index (χ1n) is 11.9. The number of rotatable bonds is 8. The van der Waals surface area contributed by atoms with E-state index in [0.717, 1.165) is 45.1 Å². The molecule has 0 aliphatic rings. The molecule has 0 aliphatic heterocycles. The third-order valence-corrected chi connectivity index (χ3v) is 5.67. The molecule has 0 fully saturated rings. The van der Waals surface area contributed by atoms with Crippen molar-refractivity contribution in [3.8, 4) is 0 Å². The van der Waals surface area contributed by atoms with E-state index in [9.17, 15) is 0 Å². The molecule has 36 heavy (non-hydrogen) atoms. The van der Waals surface area contributed by atoms with Crippen molar-refractivity contribution in [2.24, 2.45) is 10.2 Å². The van der Waals surface area contributed by atoms with Gasteiger partial charge < -0.3 is 0 Å². The largest absolute Gasteiger partial charge is 0.278 e. The van der Waals surface area contributed by atoms with Gasteiger partial charge in [-0.15, -0.1) is 0 Å². The zero-order chi connectivity index (χ0) is 24.4. The second-order valence-electron chi connectivity index (χ2n) is 8.15. The summed E-state index contributed by atoms with van der Waals surface area (Å²) < 4.78 is 0. The summed E-state index contributed by atoms with van der Waals surface area (Å²) in [7, 11) is 0. The van der Waals surface area contributed by atoms with Gasteiger partial charge >= 0.3 is 0 Å². The van der Waals surface area contributed by atoms with Crippen molar-refractivity contribution in [2.45, 2.75) is 0 Å². The standard InChI is InChI=1S/C32H26N4/c1-5-15-25(16-6-1)31(35-33-27-19-9-3-10-20-27)29-23-13-14-24-30(29)32(26-17-7-2-8-18-26)36-34-28-21-11-4-12-22-28/h1-24,33-34H. The van der Waals surface area contributed by atoms with Gasteiger partial charge in [0, 0.05) is 22.3 Å². The minimum absolute atomic E-state index is 0.832. The van der Waals surface area contributed by atoms with Crippen LogP contribution in [0.3, 0.4) is 0 Å². The quantitative estimate of drug-likeness (QED) is 0.185. The second-order valence-corrected chi connectivity index (χ2v) is 8.15. The van der Waals surface area contributed by atoms with Crippen LogP contribution in [0.5, 0.6) is 0 Å². The van der Waals surface area contributed by atoms with Crippen molar-refractivity contribution in [2.75, 3.05) is 10.9 Å². The molecule has 5 aromatic carbocycles. The van der Waals surface area contributed by atoms with Crippen LogP contribution in [0.2, 0.25) is 0 Å². The van der Waals surface area contributed by atoms with Crippen LogP contribution in [0.25, 0.3) is 0 Å². The maximum absolute atomic E-state index is 4.88. The van der Waals surface area contributed by atoms with E-state index in [-0.39, 0.29) is 0 Å². The molecule has 0 saturated carbocycles. The fraction of sp³-hybridized carbons (Fsp3) is 0. The van der Waals surface area contributed by atoms with Gasteiger partial charge in [-0.25, -0.2) is 0 Å². The van der Waals surface area contributed by atoms with E-state index in [4.69, 9.17) is 10.2 Å². The van der Waals surface area contributed by atoms with Crippen molar-refractivity contribution in [3.63, 3.8) is 0 Å². The van der Waals surface area contributed by atoms with E-state index < -0.39 is 0 Å². The molecule has 0 atom stereocenters. The minimum atomic E-state index is 0.832. The lowest BCUT2D eigenvalue weighted by molar-refractivity contribution is 1.31. The van der Waals surface area contributed by atoms with Crippen molar-refractivity contribution in [1.29, 1.82) is 0 Å². The van der Waals surface area contributed by atoms with Crippen LogP contribution < -0.4 is 10.9 Å². The fourth-order valence-corrected chi connectivity index (χ4v) is 3.91. The van der Waals surface area contributed by atoms with Gasteiger partial charge in [-0.2, -0.15) is 10.2 Å². The Bertz CT molecular complexity index is 1330. The van der Waals surface area contributed by atoms with Gasteiger partial charge in [0.2, 0.25) is 0 Å². The van der Waals surface area contributed by atoms with Crippen molar-refractivity contribution in [1.82, 2.24) is 0 Å². The van der Waals surface area contributed by atoms with Crippen molar-refractivity contribution < 1.29 is 0 Å². The molecular weight excluding hydrogens is 440 g/mol. The van der Waals surface area contributed by atoms with Crippen LogP contribution in [0.4, 0.5) is 11.4 Å². The maximum Gasteiger partial charge on any atom is 0.0984 e. The smallest absolute Gasteiger partial charge is 0.0984 e. The van der Waals surface area contributed by atoms with Gasteiger partial charge in [0.05, 0.1) is 22.8 Å². The van der Waals surface area contributed by atoms with Gasteiger partial charge in [0.15, 0.2) is 0 Å². The SMILES string of the molecule is c1ccc(NN=C(c2ccccc2)c2ccccc2C(=NNc2ccccc2)c2ccccc2)cc1. The summed E-state index contributed by atoms with van der Waals surface area (Å²) in [5, 5.41) is 9.76. The van der Waals surface area contributed by atoms with Crippen LogP contribution >= 0.6 is 0 Å². The number of hydrogen-bond donors (Lipinski definition) is 2. The Balaban J connectivity index is 1.64. The van der Waals surface area contributed by atoms with E-state index in [1.54, 1.807) is 0 Å². The first-order valence-corrected chi connectivity index (χ1v) is 11.9. The Labute approximate surface area is 211 Å². The van der Waals surface area contributed by atoms with Crippen molar-refractivity contribution in [3.05, 3.63) is 168 Å². The molecule has 174 valence electrons. The Hall–Kier alpha value is -4.96. The average molecular weight is 467 g/mol. The highest BCUT2D eigenvalue weighted by atomic mass is 15.3. The monoisotopic (exact) mass is 466 g/mol. The lowest BCUT2D eigenvalue weighted by Gasteiger charge is -2.16. The number of hydrazone groups is 2. The maximum atomic E-state index is 4.88. The molecule has 0 amide bonds. The van der Waals surface area contributed by atoms with Gasteiger partial charge in [0.1, 0.15) is 0 Å². The molecule has 0 bridgehead atoms. The van der Waals surface area contributed by atoms with Crippen molar-refractivity contribution >= 4 is 22.8 Å². The molecule has 0 aromatic heterocycles. The molecule has 0 saturated heterocycles. The average Bonchev–Trinajstić information content (AvgIpc) is 2.96. The minimum Gasteiger partial charge on any atom is -0.278 e. The first-order chi connectivity index (χ1) is 17.9. The van der Waals surface area contributed by atoms with E-state index in [1.807, 2.05) is 109 Å². The third-order valence-electron chi connectivity index (χ3n) is 5.67. The van der Waals surface area contributed by atoms with E-state index in [0.29, 0.717) is 0 Å². The number of benzene rings is 5. The zero-order valence-corrected chi connectivity index (χ0v) is 19.8. The number of nitrogens with one attached hydrogen (secondary N) is 2. The molecule has 0 aliphatic carbocycles. The van der Waals surface area contributed by atoms with E-state index in [1.165, 1.54) is 0 Å². The topological polar surface area (TPSA) is 48.8 Å². The Morgan fingerprint density at radius 1 is 0.361 bits per heavy atom. The number of para-hydroxylation sites is 2. The van der Waals surface area contributed by atoms with Gasteiger partial charge in [0.25, 0.3) is 0 Å². The number of anilines is 2. The second kappa shape index (κ2) is 11.4. The van der Waals surface area contributed by atoms with E-state index >= 15 is 0 Å². The first kappa shape index (κ1) is 22.8. The molecule has 5 aromatic rings. The Morgan fingerprint density at radius 2 is 0.667 bits per heavy atom. The summed E-state index contributed by atoms with van der Waals surface area (Å²) in [6.07, 6.45) is 0. The summed E-state index contributed by atoms with van der Waals surface area (Å²) in [6, 6.07) is 48.6.